The zero-order chi connectivity index (χ0) is 23.9. The zero-order valence-electron chi connectivity index (χ0n) is 19.7. The van der Waals surface area contributed by atoms with E-state index in [0.29, 0.717) is 22.6 Å². The second-order valence-electron chi connectivity index (χ2n) is 10.1. The molecule has 1 aromatic heterocycles. The molecule has 3 aliphatic rings. The number of ether oxygens (including phenoxy) is 2. The average Bonchev–Trinajstić information content (AvgIpc) is 3.18. The molecule has 1 amide bonds. The second-order valence-corrected chi connectivity index (χ2v) is 13.2. The molecule has 2 saturated carbocycles. The Kier molecular flexibility index (Phi) is 6.56. The van der Waals surface area contributed by atoms with Crippen molar-refractivity contribution in [3.05, 3.63) is 40.9 Å². The molecule has 184 valence electrons. The van der Waals surface area contributed by atoms with Crippen LogP contribution in [0.5, 0.6) is 0 Å². The Morgan fingerprint density at radius 2 is 1.88 bits per heavy atom. The van der Waals surface area contributed by atoms with Crippen LogP contribution < -0.4 is 5.32 Å². The maximum absolute atomic E-state index is 13.4. The van der Waals surface area contributed by atoms with Crippen LogP contribution >= 0.6 is 11.3 Å². The van der Waals surface area contributed by atoms with E-state index < -0.39 is 15.6 Å². The fraction of sp³-hybridized carbons (Fsp3) is 0.600. The van der Waals surface area contributed by atoms with E-state index in [9.17, 15) is 13.2 Å². The van der Waals surface area contributed by atoms with Crippen molar-refractivity contribution in [1.29, 1.82) is 0 Å². The summed E-state index contributed by atoms with van der Waals surface area (Å²) in [6, 6.07) is 6.96. The van der Waals surface area contributed by atoms with Gasteiger partial charge in [0.05, 0.1) is 28.4 Å². The van der Waals surface area contributed by atoms with Gasteiger partial charge in [-0.2, -0.15) is 0 Å². The smallest absolute Gasteiger partial charge is 0.233 e. The quantitative estimate of drug-likeness (QED) is 0.531. The first-order valence-electron chi connectivity index (χ1n) is 12.1. The average molecular weight is 505 g/mol. The van der Waals surface area contributed by atoms with Crippen LogP contribution in [0, 0.1) is 5.92 Å². The van der Waals surface area contributed by atoms with Gasteiger partial charge in [0, 0.05) is 5.38 Å². The molecule has 2 aromatic rings. The van der Waals surface area contributed by atoms with Crippen LogP contribution in [-0.4, -0.2) is 37.0 Å². The lowest BCUT2D eigenvalue weighted by Crippen LogP contribution is -2.23. The summed E-state index contributed by atoms with van der Waals surface area (Å²) in [6.07, 6.45) is 6.66. The number of nitrogens with zero attached hydrogens (tertiary/aromatic N) is 1. The van der Waals surface area contributed by atoms with E-state index in [2.05, 4.69) is 10.3 Å². The van der Waals surface area contributed by atoms with Crippen LogP contribution in [0.15, 0.2) is 34.5 Å². The number of thiazole rings is 1. The van der Waals surface area contributed by atoms with Gasteiger partial charge in [-0.1, -0.05) is 37.8 Å². The number of hydrogen-bond donors (Lipinski definition) is 1. The lowest BCUT2D eigenvalue weighted by Gasteiger charge is -2.20. The Morgan fingerprint density at radius 3 is 2.50 bits per heavy atom. The lowest BCUT2D eigenvalue weighted by atomic mass is 9.87. The molecule has 34 heavy (non-hydrogen) atoms. The molecule has 0 bridgehead atoms. The number of amides is 1. The molecule has 5 rings (SSSR count). The van der Waals surface area contributed by atoms with Crippen molar-refractivity contribution in [3.63, 3.8) is 0 Å². The van der Waals surface area contributed by atoms with Crippen LogP contribution in [-0.2, 0) is 24.1 Å². The van der Waals surface area contributed by atoms with Crippen molar-refractivity contribution in [2.75, 3.05) is 11.9 Å². The highest BCUT2D eigenvalue weighted by molar-refractivity contribution is 7.92. The summed E-state index contributed by atoms with van der Waals surface area (Å²) in [4.78, 5) is 18.3. The molecule has 1 N–H and O–H groups in total. The van der Waals surface area contributed by atoms with Gasteiger partial charge in [-0.15, -0.1) is 11.3 Å². The van der Waals surface area contributed by atoms with Crippen LogP contribution in [0.2, 0.25) is 0 Å². The maximum atomic E-state index is 13.4. The molecule has 0 spiro atoms. The molecule has 2 heterocycles. The van der Waals surface area contributed by atoms with Crippen molar-refractivity contribution in [2.45, 2.75) is 86.7 Å². The van der Waals surface area contributed by atoms with Gasteiger partial charge in [0.2, 0.25) is 5.91 Å². The van der Waals surface area contributed by atoms with Gasteiger partial charge >= 0.3 is 0 Å². The second kappa shape index (κ2) is 9.33. The maximum Gasteiger partial charge on any atom is 0.233 e. The summed E-state index contributed by atoms with van der Waals surface area (Å²) in [5.74, 6) is -0.583. The van der Waals surface area contributed by atoms with Gasteiger partial charge in [0.25, 0.3) is 0 Å². The normalized spacial score (nSPS) is 23.8. The van der Waals surface area contributed by atoms with Crippen molar-refractivity contribution >= 4 is 32.2 Å². The first kappa shape index (κ1) is 23.9. The molecule has 3 fully saturated rings. The Morgan fingerprint density at radius 1 is 1.18 bits per heavy atom. The Hall–Kier alpha value is -1.81. The third-order valence-corrected chi connectivity index (χ3v) is 10.1. The van der Waals surface area contributed by atoms with Crippen LogP contribution in [0.4, 0.5) is 5.13 Å². The third kappa shape index (κ3) is 5.22. The number of aromatic nitrogens is 1. The molecule has 7 nitrogen and oxygen atoms in total. The predicted molar refractivity (Wildman–Crippen MR) is 131 cm³/mol. The largest absolute Gasteiger partial charge is 0.347 e. The minimum Gasteiger partial charge on any atom is -0.347 e. The van der Waals surface area contributed by atoms with Crippen molar-refractivity contribution in [3.8, 4) is 0 Å². The molecular weight excluding hydrogens is 472 g/mol. The molecular formula is C25H32N2O5S2. The Bertz CT molecular complexity index is 1130. The number of nitrogens with one attached hydrogen (secondary N) is 1. The first-order valence-corrected chi connectivity index (χ1v) is 14.6. The topological polar surface area (TPSA) is 94.6 Å². The molecule has 2 aliphatic carbocycles. The number of hydrogen-bond acceptors (Lipinski definition) is 7. The standard InChI is InChI=1S/C25H32N2O5S2/c1-25(2)31-14-22(32-25)21-15-33-24(26-21)27-23(28)20(13-16-5-3-4-6-16)17-7-9-18(10-8-17)34(29,30)19-11-12-19/h7-10,15-16,19-20,22H,3-6,11-14H2,1-2H3,(H,26,27,28)/t20-,22?/m1/s1. The summed E-state index contributed by atoms with van der Waals surface area (Å²) >= 11 is 1.38. The molecule has 1 unspecified atom stereocenters. The number of rotatable bonds is 8. The first-order chi connectivity index (χ1) is 16.2. The molecule has 2 atom stereocenters. The summed E-state index contributed by atoms with van der Waals surface area (Å²) in [7, 11) is -3.24. The van der Waals surface area contributed by atoms with E-state index >= 15 is 0 Å². The van der Waals surface area contributed by atoms with E-state index in [1.807, 2.05) is 31.4 Å². The van der Waals surface area contributed by atoms with Crippen LogP contribution in [0.1, 0.15) is 82.1 Å². The Balaban J connectivity index is 1.32. The van der Waals surface area contributed by atoms with Gasteiger partial charge < -0.3 is 14.8 Å². The van der Waals surface area contributed by atoms with Crippen molar-refractivity contribution in [1.82, 2.24) is 4.98 Å². The molecule has 1 aromatic carbocycles. The highest BCUT2D eigenvalue weighted by Gasteiger charge is 2.37. The van der Waals surface area contributed by atoms with E-state index in [1.165, 1.54) is 24.2 Å². The molecule has 0 radical (unpaired) electrons. The molecule has 9 heteroatoms. The lowest BCUT2D eigenvalue weighted by molar-refractivity contribution is -0.139. The minimum atomic E-state index is -3.24. The monoisotopic (exact) mass is 504 g/mol. The van der Waals surface area contributed by atoms with Gasteiger partial charge in [0.1, 0.15) is 6.10 Å². The van der Waals surface area contributed by atoms with Gasteiger partial charge in [-0.3, -0.25) is 4.79 Å². The van der Waals surface area contributed by atoms with E-state index in [1.54, 1.807) is 12.1 Å². The van der Waals surface area contributed by atoms with E-state index in [0.717, 1.165) is 43.4 Å². The highest BCUT2D eigenvalue weighted by Crippen LogP contribution is 2.38. The van der Waals surface area contributed by atoms with Gasteiger partial charge in [0.15, 0.2) is 20.8 Å². The Labute approximate surface area is 205 Å². The van der Waals surface area contributed by atoms with Crippen LogP contribution in [0.3, 0.4) is 0 Å². The molecule has 1 saturated heterocycles. The molecule has 1 aliphatic heterocycles. The van der Waals surface area contributed by atoms with Gasteiger partial charge in [-0.05, 0) is 56.7 Å². The number of anilines is 1. The third-order valence-electron chi connectivity index (χ3n) is 7.02. The highest BCUT2D eigenvalue weighted by atomic mass is 32.2. The van der Waals surface area contributed by atoms with Crippen molar-refractivity contribution < 1.29 is 22.7 Å². The summed E-state index contributed by atoms with van der Waals surface area (Å²) in [6.45, 7) is 4.18. The number of benzene rings is 1. The van der Waals surface area contributed by atoms with Gasteiger partial charge in [-0.25, -0.2) is 13.4 Å². The fourth-order valence-corrected chi connectivity index (χ4v) is 7.36. The summed E-state index contributed by atoms with van der Waals surface area (Å²) < 4.78 is 36.7. The number of carbonyl (C=O) groups excluding carboxylic acids is 1. The van der Waals surface area contributed by atoms with E-state index in [-0.39, 0.29) is 23.2 Å². The fourth-order valence-electron chi connectivity index (χ4n) is 4.95. The van der Waals surface area contributed by atoms with Crippen LogP contribution in [0.25, 0.3) is 0 Å². The zero-order valence-corrected chi connectivity index (χ0v) is 21.3. The minimum absolute atomic E-state index is 0.102. The number of carbonyl (C=O) groups is 1. The summed E-state index contributed by atoms with van der Waals surface area (Å²) in [5, 5.41) is 5.20. The summed E-state index contributed by atoms with van der Waals surface area (Å²) in [5.41, 5.74) is 1.61. The van der Waals surface area contributed by atoms with Crippen molar-refractivity contribution in [2.24, 2.45) is 5.92 Å². The van der Waals surface area contributed by atoms with E-state index in [4.69, 9.17) is 9.47 Å². The SMILES string of the molecule is CC1(C)OCC(c2csc(NC(=O)[C@H](CC3CCCC3)c3ccc(S(=O)(=O)C4CC4)cc3)n2)O1. The predicted octanol–water partition coefficient (Wildman–Crippen LogP) is 5.21. The number of sulfone groups is 1.